The van der Waals surface area contributed by atoms with Crippen LogP contribution in [-0.2, 0) is 20.9 Å². The molecule has 4 N–H and O–H groups in total. The van der Waals surface area contributed by atoms with E-state index in [0.29, 0.717) is 6.54 Å². The van der Waals surface area contributed by atoms with Gasteiger partial charge in [0.2, 0.25) is 17.7 Å². The van der Waals surface area contributed by atoms with Crippen LogP contribution in [-0.4, -0.2) is 35.0 Å². The van der Waals surface area contributed by atoms with E-state index in [1.165, 1.54) is 11.8 Å². The molecule has 3 amide bonds. The van der Waals surface area contributed by atoms with Crippen molar-refractivity contribution in [3.05, 3.63) is 64.9 Å². The first kappa shape index (κ1) is 22.3. The lowest BCUT2D eigenvalue weighted by Gasteiger charge is -2.30. The summed E-state index contributed by atoms with van der Waals surface area (Å²) < 4.78 is 0. The Morgan fingerprint density at radius 1 is 1.06 bits per heavy atom. The van der Waals surface area contributed by atoms with Crippen molar-refractivity contribution < 1.29 is 14.4 Å². The Morgan fingerprint density at radius 2 is 1.91 bits per heavy atom. The smallest absolute Gasteiger partial charge is 0.234 e. The minimum Gasteiger partial charge on any atom is -0.351 e. The third-order valence-electron chi connectivity index (χ3n) is 5.03. The number of fused-ring (bicyclic) bond motifs is 1. The molecule has 2 unspecified atom stereocenters. The average molecular weight is 469 g/mol. The van der Waals surface area contributed by atoms with Crippen LogP contribution in [0.2, 0.25) is 0 Å². The van der Waals surface area contributed by atoms with Crippen LogP contribution in [0.15, 0.2) is 60.0 Å². The molecule has 7 nitrogen and oxygen atoms in total. The van der Waals surface area contributed by atoms with E-state index in [1.54, 1.807) is 11.3 Å². The van der Waals surface area contributed by atoms with Gasteiger partial charge in [0, 0.05) is 34.8 Å². The Hall–Kier alpha value is -2.88. The third kappa shape index (κ3) is 6.09. The molecule has 1 aliphatic rings. The van der Waals surface area contributed by atoms with E-state index in [0.717, 1.165) is 21.3 Å². The lowest BCUT2D eigenvalue weighted by atomic mass is 10.1. The monoisotopic (exact) mass is 468 g/mol. The normalized spacial score (nSPS) is 18.2. The quantitative estimate of drug-likeness (QED) is 0.407. The second-order valence-electron chi connectivity index (χ2n) is 7.46. The highest BCUT2D eigenvalue weighted by Gasteiger charge is 2.28. The molecule has 4 rings (SSSR count). The lowest BCUT2D eigenvalue weighted by molar-refractivity contribution is -0.125. The van der Waals surface area contributed by atoms with Crippen molar-refractivity contribution >= 4 is 57.3 Å². The van der Waals surface area contributed by atoms with Crippen LogP contribution in [0.5, 0.6) is 0 Å². The number of rotatable bonds is 8. The van der Waals surface area contributed by atoms with Gasteiger partial charge < -0.3 is 16.0 Å². The number of carbonyl (C=O) groups is 3. The maximum atomic E-state index is 12.5. The second-order valence-corrected chi connectivity index (χ2v) is 9.59. The van der Waals surface area contributed by atoms with Crippen molar-refractivity contribution in [1.29, 1.82) is 0 Å². The number of hydrogen-bond donors (Lipinski definition) is 4. The van der Waals surface area contributed by atoms with Crippen molar-refractivity contribution in [2.75, 3.05) is 11.1 Å². The number of amides is 3. The zero-order valence-corrected chi connectivity index (χ0v) is 18.9. The third-order valence-corrected chi connectivity index (χ3v) is 6.92. The molecule has 0 saturated carbocycles. The van der Waals surface area contributed by atoms with E-state index in [2.05, 4.69) is 21.3 Å². The average Bonchev–Trinajstić information content (AvgIpc) is 3.30. The molecule has 3 aromatic rings. The lowest BCUT2D eigenvalue weighted by Crippen LogP contribution is -2.56. The highest BCUT2D eigenvalue weighted by atomic mass is 32.2. The number of benzene rings is 2. The summed E-state index contributed by atoms with van der Waals surface area (Å²) in [5.74, 6) is -0.230. The number of nitrogens with one attached hydrogen (secondary N) is 4. The van der Waals surface area contributed by atoms with Gasteiger partial charge in [-0.1, -0.05) is 42.5 Å². The predicted molar refractivity (Wildman–Crippen MR) is 129 cm³/mol. The molecule has 0 radical (unpaired) electrons. The molecule has 32 heavy (non-hydrogen) atoms. The van der Waals surface area contributed by atoms with Crippen LogP contribution in [0.25, 0.3) is 10.8 Å². The summed E-state index contributed by atoms with van der Waals surface area (Å²) >= 11 is 2.88. The zero-order valence-electron chi connectivity index (χ0n) is 17.3. The minimum atomic E-state index is -0.426. The summed E-state index contributed by atoms with van der Waals surface area (Å²) in [4.78, 5) is 37.9. The maximum absolute atomic E-state index is 12.5. The van der Waals surface area contributed by atoms with Crippen molar-refractivity contribution in [2.24, 2.45) is 0 Å². The molecule has 9 heteroatoms. The zero-order chi connectivity index (χ0) is 22.3. The number of anilines is 1. The summed E-state index contributed by atoms with van der Waals surface area (Å²) in [5.41, 5.74) is 0.333. The van der Waals surface area contributed by atoms with E-state index in [-0.39, 0.29) is 42.4 Å². The molecule has 166 valence electrons. The number of thioether (sulfide) groups is 1. The maximum Gasteiger partial charge on any atom is 0.234 e. The molecular weight excluding hydrogens is 444 g/mol. The van der Waals surface area contributed by atoms with E-state index in [4.69, 9.17) is 0 Å². The molecule has 1 fully saturated rings. The van der Waals surface area contributed by atoms with Gasteiger partial charge >= 0.3 is 0 Å². The van der Waals surface area contributed by atoms with Crippen LogP contribution >= 0.6 is 23.1 Å². The van der Waals surface area contributed by atoms with Gasteiger partial charge in [0.1, 0.15) is 5.50 Å². The molecular formula is C23H24N4O3S2. The van der Waals surface area contributed by atoms with E-state index >= 15 is 0 Å². The van der Waals surface area contributed by atoms with E-state index in [9.17, 15) is 14.4 Å². The van der Waals surface area contributed by atoms with Gasteiger partial charge in [-0.25, -0.2) is 0 Å². The SMILES string of the molecule is O=C(CC1CC(=O)NC(SCC(=O)Nc2cccc3ccccc23)N1)NCc1cccs1. The van der Waals surface area contributed by atoms with Crippen LogP contribution in [0.4, 0.5) is 5.69 Å². The Kier molecular flexibility index (Phi) is 7.41. The number of carbonyl (C=O) groups excluding carboxylic acids is 3. The van der Waals surface area contributed by atoms with Gasteiger partial charge in [-0.15, -0.1) is 23.1 Å². The van der Waals surface area contributed by atoms with Crippen molar-refractivity contribution in [3.8, 4) is 0 Å². The number of hydrogen-bond acceptors (Lipinski definition) is 6. The van der Waals surface area contributed by atoms with Crippen LogP contribution in [0.3, 0.4) is 0 Å². The summed E-state index contributed by atoms with van der Waals surface area (Å²) in [5, 5.41) is 15.9. The van der Waals surface area contributed by atoms with Gasteiger partial charge in [0.25, 0.3) is 0 Å². The highest BCUT2D eigenvalue weighted by Crippen LogP contribution is 2.23. The fraction of sp³-hybridized carbons (Fsp3) is 0.261. The fourth-order valence-electron chi connectivity index (χ4n) is 3.54. The number of thiophene rings is 1. The van der Waals surface area contributed by atoms with Crippen molar-refractivity contribution in [2.45, 2.75) is 30.9 Å². The molecule has 0 spiro atoms. The van der Waals surface area contributed by atoms with Crippen LogP contribution in [0, 0.1) is 0 Å². The van der Waals surface area contributed by atoms with Crippen LogP contribution in [0.1, 0.15) is 17.7 Å². The molecule has 2 aromatic carbocycles. The first-order valence-electron chi connectivity index (χ1n) is 10.3. The Labute approximate surface area is 194 Å². The standard InChI is InChI=1S/C23H24N4O3S2/c28-20(24-13-17-7-4-10-31-17)11-16-12-21(29)27-23(25-16)32-14-22(30)26-19-9-3-6-15-5-1-2-8-18(15)19/h1-10,16,23,25H,11-14H2,(H,24,28)(H,26,30)(H,27,29). The van der Waals surface area contributed by atoms with Gasteiger partial charge in [-0.3, -0.25) is 19.7 Å². The van der Waals surface area contributed by atoms with Gasteiger partial charge in [0.05, 0.1) is 12.3 Å². The van der Waals surface area contributed by atoms with E-state index < -0.39 is 5.50 Å². The van der Waals surface area contributed by atoms with Gasteiger partial charge in [-0.05, 0) is 22.9 Å². The Bertz CT molecular complexity index is 1100. The summed E-state index contributed by atoms with van der Waals surface area (Å²) in [7, 11) is 0. The molecule has 1 aromatic heterocycles. The largest absolute Gasteiger partial charge is 0.351 e. The molecule has 2 atom stereocenters. The van der Waals surface area contributed by atoms with Crippen molar-refractivity contribution in [1.82, 2.24) is 16.0 Å². The highest BCUT2D eigenvalue weighted by molar-refractivity contribution is 8.00. The first-order chi connectivity index (χ1) is 15.6. The molecule has 0 bridgehead atoms. The minimum absolute atomic E-state index is 0.108. The topological polar surface area (TPSA) is 99.3 Å². The van der Waals surface area contributed by atoms with E-state index in [1.807, 2.05) is 60.0 Å². The van der Waals surface area contributed by atoms with Crippen LogP contribution < -0.4 is 21.3 Å². The summed E-state index contributed by atoms with van der Waals surface area (Å²) in [6.45, 7) is 0.488. The predicted octanol–water partition coefficient (Wildman–Crippen LogP) is 3.04. The summed E-state index contributed by atoms with van der Waals surface area (Å²) in [6.07, 6.45) is 0.434. The van der Waals surface area contributed by atoms with Gasteiger partial charge in [-0.2, -0.15) is 0 Å². The Morgan fingerprint density at radius 3 is 2.75 bits per heavy atom. The second kappa shape index (κ2) is 10.6. The Balaban J connectivity index is 1.25. The summed E-state index contributed by atoms with van der Waals surface area (Å²) in [6, 6.07) is 17.3. The molecule has 2 heterocycles. The molecule has 1 saturated heterocycles. The molecule has 0 aliphatic carbocycles. The van der Waals surface area contributed by atoms with Gasteiger partial charge in [0.15, 0.2) is 0 Å². The fourth-order valence-corrected chi connectivity index (χ4v) is 5.08. The first-order valence-corrected chi connectivity index (χ1v) is 12.2. The van der Waals surface area contributed by atoms with Crippen molar-refractivity contribution in [3.63, 3.8) is 0 Å². The molecule has 1 aliphatic heterocycles.